The predicted molar refractivity (Wildman–Crippen MR) is 122 cm³/mol. The van der Waals surface area contributed by atoms with Crippen LogP contribution in [0.2, 0.25) is 0 Å². The van der Waals surface area contributed by atoms with Crippen molar-refractivity contribution in [2.75, 3.05) is 6.61 Å². The minimum atomic E-state index is -0.517. The number of fused-ring (bicyclic) bond motifs is 1. The molecule has 0 saturated heterocycles. The Balaban J connectivity index is 1.62. The van der Waals surface area contributed by atoms with E-state index in [4.69, 9.17) is 10.5 Å². The molecule has 0 bridgehead atoms. The molecular weight excluding hydrogens is 392 g/mol. The Labute approximate surface area is 181 Å². The Morgan fingerprint density at radius 3 is 2.48 bits per heavy atom. The second-order valence-electron chi connectivity index (χ2n) is 7.26. The molecule has 0 radical (unpaired) electrons. The molecule has 1 unspecified atom stereocenters. The zero-order valence-electron chi connectivity index (χ0n) is 17.8. The molecule has 1 atom stereocenters. The first kappa shape index (κ1) is 21.8. The molecule has 160 valence electrons. The van der Waals surface area contributed by atoms with Gasteiger partial charge in [0.25, 0.3) is 5.91 Å². The third-order valence-corrected chi connectivity index (χ3v) is 4.86. The molecule has 0 fully saturated rings. The highest BCUT2D eigenvalue weighted by molar-refractivity contribution is 6.03. The number of carbonyl (C=O) groups is 2. The average Bonchev–Trinajstić information content (AvgIpc) is 3.19. The number of benzene rings is 2. The maximum atomic E-state index is 12.5. The van der Waals surface area contributed by atoms with Gasteiger partial charge in [-0.3, -0.25) is 14.6 Å². The fraction of sp³-hybridized carbons (Fsp3) is 0.208. The summed E-state index contributed by atoms with van der Waals surface area (Å²) in [5.41, 5.74) is 9.80. The van der Waals surface area contributed by atoms with Gasteiger partial charge in [-0.15, -0.1) is 0 Å². The quantitative estimate of drug-likeness (QED) is 0.399. The van der Waals surface area contributed by atoms with Crippen LogP contribution in [0.1, 0.15) is 32.3 Å². The van der Waals surface area contributed by atoms with E-state index in [0.717, 1.165) is 22.2 Å². The summed E-state index contributed by atoms with van der Waals surface area (Å²) in [5, 5.41) is 3.65. The van der Waals surface area contributed by atoms with Gasteiger partial charge in [0.05, 0.1) is 23.0 Å². The van der Waals surface area contributed by atoms with Gasteiger partial charge in [0, 0.05) is 22.8 Å². The van der Waals surface area contributed by atoms with Crippen LogP contribution in [-0.4, -0.2) is 29.2 Å². The largest absolute Gasteiger partial charge is 0.455 e. The van der Waals surface area contributed by atoms with E-state index in [1.54, 1.807) is 27.0 Å². The summed E-state index contributed by atoms with van der Waals surface area (Å²) in [4.78, 5) is 32.5. The molecule has 0 saturated carbocycles. The number of rotatable bonds is 7. The second kappa shape index (κ2) is 9.75. The fourth-order valence-corrected chi connectivity index (χ4v) is 3.24. The molecule has 0 aliphatic rings. The Kier molecular flexibility index (Phi) is 6.87. The summed E-state index contributed by atoms with van der Waals surface area (Å²) in [6, 6.07) is 17.0. The lowest BCUT2D eigenvalue weighted by molar-refractivity contribution is -0.149. The summed E-state index contributed by atoms with van der Waals surface area (Å²) in [7, 11) is 0. The van der Waals surface area contributed by atoms with E-state index in [1.807, 2.05) is 54.6 Å². The smallest absolute Gasteiger partial charge is 0.313 e. The molecule has 1 heterocycles. The van der Waals surface area contributed by atoms with E-state index < -0.39 is 24.4 Å². The summed E-state index contributed by atoms with van der Waals surface area (Å²) in [6.45, 7) is 4.76. The van der Waals surface area contributed by atoms with Crippen molar-refractivity contribution in [3.8, 4) is 0 Å². The van der Waals surface area contributed by atoms with Crippen LogP contribution in [0, 0.1) is 0 Å². The molecule has 0 aliphatic carbocycles. The van der Waals surface area contributed by atoms with Gasteiger partial charge in [0.1, 0.15) is 0 Å². The summed E-state index contributed by atoms with van der Waals surface area (Å²) in [5.74, 6) is -1.48. The van der Waals surface area contributed by atoms with Crippen molar-refractivity contribution in [1.82, 2.24) is 10.3 Å². The van der Waals surface area contributed by atoms with E-state index in [2.05, 4.69) is 15.3 Å². The topological polar surface area (TPSA) is 110 Å². The highest BCUT2D eigenvalue weighted by Crippen LogP contribution is 2.26. The van der Waals surface area contributed by atoms with Gasteiger partial charge >= 0.3 is 5.97 Å². The van der Waals surface area contributed by atoms with Crippen molar-refractivity contribution in [3.63, 3.8) is 0 Å². The summed E-state index contributed by atoms with van der Waals surface area (Å²) >= 11 is 0. The zero-order chi connectivity index (χ0) is 22.4. The highest BCUT2D eigenvalue weighted by Gasteiger charge is 2.21. The number of H-pyrrole nitrogens is 1. The number of amides is 1. The number of carbonyl (C=O) groups excluding carboxylic acids is 2. The molecule has 4 N–H and O–H groups in total. The fourth-order valence-electron chi connectivity index (χ4n) is 3.24. The number of aromatic nitrogens is 1. The lowest BCUT2D eigenvalue weighted by Crippen LogP contribution is -2.33. The molecule has 31 heavy (non-hydrogen) atoms. The maximum absolute atomic E-state index is 12.5. The van der Waals surface area contributed by atoms with Crippen molar-refractivity contribution in [3.05, 3.63) is 77.8 Å². The first-order chi connectivity index (χ1) is 14.9. The molecule has 0 spiro atoms. The first-order valence-electron chi connectivity index (χ1n) is 9.96. The SMILES string of the molecule is CC(=Nc1ccccc1)C(NC(=O)COC(=O)C(C)c1c[nH]c2ccccc12)=C(C)N. The number of aromatic amines is 1. The van der Waals surface area contributed by atoms with E-state index in [9.17, 15) is 9.59 Å². The Morgan fingerprint density at radius 2 is 1.77 bits per heavy atom. The van der Waals surface area contributed by atoms with Crippen LogP contribution in [-0.2, 0) is 14.3 Å². The van der Waals surface area contributed by atoms with Gasteiger partial charge in [-0.05, 0) is 44.5 Å². The molecule has 1 aromatic heterocycles. The third kappa shape index (κ3) is 5.39. The van der Waals surface area contributed by atoms with E-state index in [0.29, 0.717) is 17.1 Å². The minimum absolute atomic E-state index is 0.398. The number of allylic oxidation sites excluding steroid dienone is 2. The number of para-hydroxylation sites is 2. The van der Waals surface area contributed by atoms with Crippen LogP contribution in [0.5, 0.6) is 0 Å². The Bertz CT molecular complexity index is 1140. The van der Waals surface area contributed by atoms with Crippen molar-refractivity contribution in [2.24, 2.45) is 10.7 Å². The van der Waals surface area contributed by atoms with Crippen LogP contribution in [0.3, 0.4) is 0 Å². The molecular formula is C24H26N4O3. The molecule has 2 aromatic carbocycles. The number of ether oxygens (including phenoxy) is 1. The highest BCUT2D eigenvalue weighted by atomic mass is 16.5. The lowest BCUT2D eigenvalue weighted by atomic mass is 10.0. The van der Waals surface area contributed by atoms with Crippen molar-refractivity contribution < 1.29 is 14.3 Å². The average molecular weight is 418 g/mol. The number of hydrogen-bond acceptors (Lipinski definition) is 5. The van der Waals surface area contributed by atoms with Gasteiger partial charge in [-0.25, -0.2) is 0 Å². The Hall–Kier alpha value is -3.87. The standard InChI is InChI=1S/C24H26N4O3/c1-15(20-13-26-21-12-8-7-11-19(20)21)24(30)31-14-22(29)28-23(16(2)25)17(3)27-18-9-5-4-6-10-18/h4-13,15,26H,14,25H2,1-3H3,(H,28,29). The molecule has 3 rings (SSSR count). The Morgan fingerprint density at radius 1 is 1.10 bits per heavy atom. The van der Waals surface area contributed by atoms with Crippen LogP contribution in [0.15, 0.2) is 77.2 Å². The van der Waals surface area contributed by atoms with Crippen LogP contribution in [0.25, 0.3) is 10.9 Å². The number of nitrogens with two attached hydrogens (primary N) is 1. The first-order valence-corrected chi connectivity index (χ1v) is 9.96. The summed E-state index contributed by atoms with van der Waals surface area (Å²) in [6.07, 6.45) is 1.79. The number of nitrogens with zero attached hydrogens (tertiary/aromatic N) is 1. The molecule has 3 aromatic rings. The van der Waals surface area contributed by atoms with Crippen molar-refractivity contribution in [1.29, 1.82) is 0 Å². The van der Waals surface area contributed by atoms with E-state index in [1.165, 1.54) is 0 Å². The predicted octanol–water partition coefficient (Wildman–Crippen LogP) is 3.91. The zero-order valence-corrected chi connectivity index (χ0v) is 17.8. The number of hydrogen-bond donors (Lipinski definition) is 3. The van der Waals surface area contributed by atoms with E-state index in [-0.39, 0.29) is 0 Å². The van der Waals surface area contributed by atoms with Crippen LogP contribution < -0.4 is 11.1 Å². The van der Waals surface area contributed by atoms with E-state index >= 15 is 0 Å². The summed E-state index contributed by atoms with van der Waals surface area (Å²) < 4.78 is 5.25. The monoisotopic (exact) mass is 418 g/mol. The molecule has 0 aliphatic heterocycles. The maximum Gasteiger partial charge on any atom is 0.313 e. The van der Waals surface area contributed by atoms with Gasteiger partial charge < -0.3 is 20.8 Å². The lowest BCUT2D eigenvalue weighted by Gasteiger charge is -2.14. The molecule has 1 amide bonds. The minimum Gasteiger partial charge on any atom is -0.455 e. The van der Waals surface area contributed by atoms with Gasteiger partial charge in [-0.2, -0.15) is 0 Å². The second-order valence-corrected chi connectivity index (χ2v) is 7.26. The van der Waals surface area contributed by atoms with Crippen molar-refractivity contribution >= 4 is 34.2 Å². The molecule has 7 nitrogen and oxygen atoms in total. The van der Waals surface area contributed by atoms with Crippen molar-refractivity contribution in [2.45, 2.75) is 26.7 Å². The number of nitrogens with one attached hydrogen (secondary N) is 2. The van der Waals surface area contributed by atoms with Gasteiger partial charge in [-0.1, -0.05) is 36.4 Å². The van der Waals surface area contributed by atoms with Gasteiger partial charge in [0.2, 0.25) is 0 Å². The number of esters is 1. The third-order valence-electron chi connectivity index (χ3n) is 4.86. The van der Waals surface area contributed by atoms with Crippen LogP contribution in [0.4, 0.5) is 5.69 Å². The number of aliphatic imine (C=N–C) groups is 1. The normalized spacial score (nSPS) is 13.5. The van der Waals surface area contributed by atoms with Gasteiger partial charge in [0.15, 0.2) is 6.61 Å². The molecule has 7 heteroatoms. The van der Waals surface area contributed by atoms with Crippen LogP contribution >= 0.6 is 0 Å².